The normalized spacial score (nSPS) is 17.8. The highest BCUT2D eigenvalue weighted by Gasteiger charge is 2.24. The Hall–Kier alpha value is -1.19. The molecule has 3 heteroatoms. The van der Waals surface area contributed by atoms with Crippen LogP contribution in [0.5, 0.6) is 0 Å². The van der Waals surface area contributed by atoms with Crippen LogP contribution >= 0.6 is 11.3 Å². The second-order valence-corrected chi connectivity index (χ2v) is 6.72. The monoisotopic (exact) mass is 272 g/mol. The van der Waals surface area contributed by atoms with Gasteiger partial charge in [-0.1, -0.05) is 18.2 Å². The van der Waals surface area contributed by atoms with Gasteiger partial charge in [0.2, 0.25) is 0 Å². The summed E-state index contributed by atoms with van der Waals surface area (Å²) in [6.45, 7) is 2.12. The van der Waals surface area contributed by atoms with E-state index in [1.807, 2.05) is 11.7 Å². The summed E-state index contributed by atoms with van der Waals surface area (Å²) in [6.07, 6.45) is 7.86. The fourth-order valence-electron chi connectivity index (χ4n) is 2.88. The Morgan fingerprint density at radius 2 is 2.05 bits per heavy atom. The van der Waals surface area contributed by atoms with Crippen molar-refractivity contribution in [1.82, 2.24) is 4.98 Å². The molecule has 0 aliphatic heterocycles. The molecule has 0 bridgehead atoms. The van der Waals surface area contributed by atoms with Crippen molar-refractivity contribution in [3.05, 3.63) is 51.5 Å². The van der Waals surface area contributed by atoms with Gasteiger partial charge in [-0.25, -0.2) is 0 Å². The minimum atomic E-state index is -0.307. The zero-order chi connectivity index (χ0) is 13.3. The van der Waals surface area contributed by atoms with E-state index >= 15 is 0 Å². The summed E-state index contributed by atoms with van der Waals surface area (Å²) in [5.41, 5.74) is 12.4. The Balaban J connectivity index is 1.88. The van der Waals surface area contributed by atoms with Crippen molar-refractivity contribution in [2.75, 3.05) is 0 Å². The van der Waals surface area contributed by atoms with E-state index in [1.165, 1.54) is 47.3 Å². The van der Waals surface area contributed by atoms with E-state index in [0.29, 0.717) is 0 Å². The molecular weight excluding hydrogens is 252 g/mol. The summed E-state index contributed by atoms with van der Waals surface area (Å²) in [6, 6.07) is 6.82. The SMILES string of the molecule is CC(N)(Cc1cncs1)c1ccc2c(c1)CCCC2. The second kappa shape index (κ2) is 5.06. The van der Waals surface area contributed by atoms with E-state index in [4.69, 9.17) is 5.73 Å². The lowest BCUT2D eigenvalue weighted by atomic mass is 9.84. The summed E-state index contributed by atoms with van der Waals surface area (Å²) in [4.78, 5) is 5.39. The van der Waals surface area contributed by atoms with Crippen LogP contribution in [-0.2, 0) is 24.8 Å². The van der Waals surface area contributed by atoms with Gasteiger partial charge in [0.05, 0.1) is 5.51 Å². The van der Waals surface area contributed by atoms with Crippen LogP contribution in [0.4, 0.5) is 0 Å². The third kappa shape index (κ3) is 2.72. The minimum absolute atomic E-state index is 0.307. The van der Waals surface area contributed by atoms with Crippen LogP contribution in [0.15, 0.2) is 29.9 Å². The van der Waals surface area contributed by atoms with Gasteiger partial charge in [0.15, 0.2) is 0 Å². The maximum Gasteiger partial charge on any atom is 0.0794 e. The first-order chi connectivity index (χ1) is 9.15. The van der Waals surface area contributed by atoms with E-state index in [2.05, 4.69) is 30.1 Å². The molecule has 0 fully saturated rings. The van der Waals surface area contributed by atoms with E-state index in [1.54, 1.807) is 11.3 Å². The average Bonchev–Trinajstić information content (AvgIpc) is 2.90. The van der Waals surface area contributed by atoms with Gasteiger partial charge in [-0.2, -0.15) is 0 Å². The zero-order valence-electron chi connectivity index (χ0n) is 11.4. The number of thiazole rings is 1. The van der Waals surface area contributed by atoms with Crippen molar-refractivity contribution in [1.29, 1.82) is 0 Å². The van der Waals surface area contributed by atoms with Crippen LogP contribution in [-0.4, -0.2) is 4.98 Å². The molecule has 2 nitrogen and oxygen atoms in total. The van der Waals surface area contributed by atoms with Gasteiger partial charge in [-0.05, 0) is 49.3 Å². The lowest BCUT2D eigenvalue weighted by Gasteiger charge is -2.27. The summed E-state index contributed by atoms with van der Waals surface area (Å²) in [5, 5.41) is 0. The van der Waals surface area contributed by atoms with Gasteiger partial charge in [-0.15, -0.1) is 11.3 Å². The Morgan fingerprint density at radius 3 is 2.79 bits per heavy atom. The first-order valence-electron chi connectivity index (χ1n) is 6.94. The lowest BCUT2D eigenvalue weighted by Crippen LogP contribution is -2.35. The molecule has 2 aromatic rings. The summed E-state index contributed by atoms with van der Waals surface area (Å²) in [5.74, 6) is 0. The van der Waals surface area contributed by atoms with Crippen molar-refractivity contribution in [2.24, 2.45) is 5.73 Å². The third-order valence-electron chi connectivity index (χ3n) is 4.03. The number of benzene rings is 1. The fraction of sp³-hybridized carbons (Fsp3) is 0.438. The molecule has 2 N–H and O–H groups in total. The predicted molar refractivity (Wildman–Crippen MR) is 80.4 cm³/mol. The Bertz CT molecular complexity index is 558. The highest BCUT2D eigenvalue weighted by atomic mass is 32.1. The molecule has 0 saturated carbocycles. The summed E-state index contributed by atoms with van der Waals surface area (Å²) in [7, 11) is 0. The number of rotatable bonds is 3. The van der Waals surface area contributed by atoms with Crippen LogP contribution in [0.1, 0.15) is 41.3 Å². The van der Waals surface area contributed by atoms with E-state index in [9.17, 15) is 0 Å². The highest BCUT2D eigenvalue weighted by molar-refractivity contribution is 7.09. The maximum absolute atomic E-state index is 6.54. The van der Waals surface area contributed by atoms with Crippen LogP contribution < -0.4 is 5.73 Å². The molecule has 1 aromatic heterocycles. The standard InChI is InChI=1S/C16H20N2S/c1-16(17,9-15-10-18-11-19-15)14-7-6-12-4-2-3-5-13(12)8-14/h6-8,10-11H,2-5,9,17H2,1H3. The van der Waals surface area contributed by atoms with E-state index in [0.717, 1.165) is 6.42 Å². The van der Waals surface area contributed by atoms with Gasteiger partial charge in [0.1, 0.15) is 0 Å². The number of nitrogens with two attached hydrogens (primary N) is 1. The molecule has 1 atom stereocenters. The van der Waals surface area contributed by atoms with Crippen molar-refractivity contribution >= 4 is 11.3 Å². The van der Waals surface area contributed by atoms with Crippen molar-refractivity contribution < 1.29 is 0 Å². The molecule has 1 aliphatic rings. The Kier molecular flexibility index (Phi) is 3.42. The average molecular weight is 272 g/mol. The molecule has 1 aromatic carbocycles. The molecule has 100 valence electrons. The smallest absolute Gasteiger partial charge is 0.0794 e. The fourth-order valence-corrected chi connectivity index (χ4v) is 3.64. The van der Waals surface area contributed by atoms with Gasteiger partial charge in [-0.3, -0.25) is 4.98 Å². The van der Waals surface area contributed by atoms with Crippen molar-refractivity contribution in [2.45, 2.75) is 44.6 Å². The number of aryl methyl sites for hydroxylation is 2. The quantitative estimate of drug-likeness (QED) is 0.929. The van der Waals surface area contributed by atoms with Gasteiger partial charge >= 0.3 is 0 Å². The zero-order valence-corrected chi connectivity index (χ0v) is 12.2. The van der Waals surface area contributed by atoms with E-state index < -0.39 is 0 Å². The Labute approximate surface area is 118 Å². The maximum atomic E-state index is 6.54. The summed E-state index contributed by atoms with van der Waals surface area (Å²) >= 11 is 1.68. The molecule has 19 heavy (non-hydrogen) atoms. The van der Waals surface area contributed by atoms with Crippen LogP contribution in [0.25, 0.3) is 0 Å². The van der Waals surface area contributed by atoms with Crippen LogP contribution in [0.3, 0.4) is 0 Å². The molecule has 0 saturated heterocycles. The van der Waals surface area contributed by atoms with Gasteiger partial charge < -0.3 is 5.73 Å². The van der Waals surface area contributed by atoms with Crippen molar-refractivity contribution in [3.63, 3.8) is 0 Å². The molecule has 1 aliphatic carbocycles. The van der Waals surface area contributed by atoms with Crippen LogP contribution in [0.2, 0.25) is 0 Å². The van der Waals surface area contributed by atoms with Crippen LogP contribution in [0, 0.1) is 0 Å². The van der Waals surface area contributed by atoms with E-state index in [-0.39, 0.29) is 5.54 Å². The minimum Gasteiger partial charge on any atom is -0.321 e. The molecule has 1 unspecified atom stereocenters. The number of fused-ring (bicyclic) bond motifs is 1. The number of nitrogens with zero attached hydrogens (tertiary/aromatic N) is 1. The molecular formula is C16H20N2S. The molecule has 0 spiro atoms. The highest BCUT2D eigenvalue weighted by Crippen LogP contribution is 2.29. The molecule has 3 rings (SSSR count). The van der Waals surface area contributed by atoms with Gasteiger partial charge in [0.25, 0.3) is 0 Å². The van der Waals surface area contributed by atoms with Gasteiger partial charge in [0, 0.05) is 23.0 Å². The topological polar surface area (TPSA) is 38.9 Å². The Morgan fingerprint density at radius 1 is 1.26 bits per heavy atom. The largest absolute Gasteiger partial charge is 0.321 e. The lowest BCUT2D eigenvalue weighted by molar-refractivity contribution is 0.493. The number of hydrogen-bond donors (Lipinski definition) is 1. The van der Waals surface area contributed by atoms with Crippen molar-refractivity contribution in [3.8, 4) is 0 Å². The molecule has 0 radical (unpaired) electrons. The molecule has 0 amide bonds. The second-order valence-electron chi connectivity index (χ2n) is 5.75. The predicted octanol–water partition coefficient (Wildman–Crippen LogP) is 3.44. The summed E-state index contributed by atoms with van der Waals surface area (Å²) < 4.78 is 0. The third-order valence-corrected chi connectivity index (χ3v) is 4.81. The number of aromatic nitrogens is 1. The first kappa shape index (κ1) is 12.8. The number of hydrogen-bond acceptors (Lipinski definition) is 3. The molecule has 1 heterocycles. The first-order valence-corrected chi connectivity index (χ1v) is 7.82.